The number of likely N-dealkylation sites (N-methyl/N-ethyl adjacent to an activating group) is 1. The Kier molecular flexibility index (Phi) is 11.0. The van der Waals surface area contributed by atoms with E-state index in [4.69, 9.17) is 0 Å². The van der Waals surface area contributed by atoms with Crippen LogP contribution < -0.4 is 16.0 Å². The highest BCUT2D eigenvalue weighted by Gasteiger charge is 2.49. The summed E-state index contributed by atoms with van der Waals surface area (Å²) in [5, 5.41) is 12.0. The van der Waals surface area contributed by atoms with Gasteiger partial charge >= 0.3 is 6.18 Å². The minimum absolute atomic E-state index is 0.103. The van der Waals surface area contributed by atoms with E-state index in [2.05, 4.69) is 21.0 Å². The van der Waals surface area contributed by atoms with Crippen molar-refractivity contribution in [2.75, 3.05) is 38.5 Å². The van der Waals surface area contributed by atoms with E-state index in [-0.39, 0.29) is 29.0 Å². The SMILES string of the molecule is CCn1nccc1C(=O)N[C@H](C(=O)Nc1ccc([C@H](C)[C@@H](NC(=O)[C@@H](C)C(F)(F)F)C(=O)N2CCN(C)CC2)cc1F)C(C1CC1)C1CC1. The van der Waals surface area contributed by atoms with E-state index >= 15 is 4.39 Å². The molecule has 11 nitrogen and oxygen atoms in total. The van der Waals surface area contributed by atoms with Crippen LogP contribution in [0.5, 0.6) is 0 Å². The Labute approximate surface area is 283 Å². The molecule has 1 aliphatic heterocycles. The molecule has 0 radical (unpaired) electrons. The van der Waals surface area contributed by atoms with Crippen LogP contribution in [0.2, 0.25) is 0 Å². The molecule has 2 aliphatic carbocycles. The Bertz CT molecular complexity index is 1520. The van der Waals surface area contributed by atoms with Crippen molar-refractivity contribution in [1.82, 2.24) is 30.2 Å². The summed E-state index contributed by atoms with van der Waals surface area (Å²) in [5.74, 6) is -6.58. The predicted octanol–water partition coefficient (Wildman–Crippen LogP) is 3.78. The number of benzene rings is 1. The summed E-state index contributed by atoms with van der Waals surface area (Å²) < 4.78 is 57.4. The van der Waals surface area contributed by atoms with Crippen LogP contribution in [0.15, 0.2) is 30.5 Å². The molecule has 2 saturated carbocycles. The first-order valence-electron chi connectivity index (χ1n) is 17.0. The maximum Gasteiger partial charge on any atom is 0.400 e. The van der Waals surface area contributed by atoms with Crippen LogP contribution in [0.1, 0.15) is 68.4 Å². The van der Waals surface area contributed by atoms with Gasteiger partial charge in [0, 0.05) is 44.8 Å². The molecule has 0 bridgehead atoms. The second-order valence-corrected chi connectivity index (χ2v) is 13.6. The zero-order valence-electron chi connectivity index (χ0n) is 28.2. The zero-order valence-corrected chi connectivity index (χ0v) is 28.2. The molecule has 2 aromatic rings. The number of carbonyl (C=O) groups excluding carboxylic acids is 4. The van der Waals surface area contributed by atoms with E-state index in [0.29, 0.717) is 38.4 Å². The van der Waals surface area contributed by atoms with Gasteiger partial charge in [0.1, 0.15) is 29.5 Å². The van der Waals surface area contributed by atoms with Crippen LogP contribution in [-0.2, 0) is 20.9 Å². The van der Waals surface area contributed by atoms with E-state index in [0.717, 1.165) is 38.7 Å². The average molecular weight is 692 g/mol. The molecule has 3 aliphatic rings. The number of aromatic nitrogens is 2. The number of rotatable bonds is 13. The summed E-state index contributed by atoms with van der Waals surface area (Å²) >= 11 is 0. The van der Waals surface area contributed by atoms with Gasteiger partial charge in [0.25, 0.3) is 5.91 Å². The van der Waals surface area contributed by atoms with Crippen LogP contribution in [0.4, 0.5) is 23.2 Å². The molecule has 5 rings (SSSR count). The summed E-state index contributed by atoms with van der Waals surface area (Å²) in [5.41, 5.74) is 0.405. The summed E-state index contributed by atoms with van der Waals surface area (Å²) in [7, 11) is 1.88. The van der Waals surface area contributed by atoms with Crippen LogP contribution in [-0.4, -0.2) is 94.7 Å². The van der Waals surface area contributed by atoms with Gasteiger partial charge in [-0.1, -0.05) is 13.0 Å². The van der Waals surface area contributed by atoms with Gasteiger partial charge in [0.15, 0.2) is 0 Å². The Balaban J connectivity index is 1.35. The lowest BCUT2D eigenvalue weighted by Gasteiger charge is -2.36. The van der Waals surface area contributed by atoms with Crippen LogP contribution in [0.3, 0.4) is 0 Å². The highest BCUT2D eigenvalue weighted by atomic mass is 19.4. The molecule has 1 aromatic carbocycles. The van der Waals surface area contributed by atoms with Gasteiger partial charge in [-0.2, -0.15) is 18.3 Å². The maximum atomic E-state index is 15.7. The van der Waals surface area contributed by atoms with Gasteiger partial charge in [-0.25, -0.2) is 4.39 Å². The summed E-state index contributed by atoms with van der Waals surface area (Å²) in [4.78, 5) is 56.9. The van der Waals surface area contributed by atoms with Gasteiger partial charge in [-0.15, -0.1) is 0 Å². The first-order chi connectivity index (χ1) is 23.2. The number of amides is 4. The minimum Gasteiger partial charge on any atom is -0.343 e. The number of nitrogens with one attached hydrogen (secondary N) is 3. The molecule has 0 spiro atoms. The average Bonchev–Trinajstić information content (AvgIpc) is 4.02. The van der Waals surface area contributed by atoms with Crippen LogP contribution in [0, 0.1) is 29.5 Å². The molecule has 3 N–H and O–H groups in total. The number of alkyl halides is 3. The lowest BCUT2D eigenvalue weighted by Crippen LogP contribution is -2.57. The van der Waals surface area contributed by atoms with Crippen molar-refractivity contribution in [1.29, 1.82) is 0 Å². The maximum absolute atomic E-state index is 15.7. The molecule has 15 heteroatoms. The highest BCUT2D eigenvalue weighted by molar-refractivity contribution is 6.01. The molecule has 4 atom stereocenters. The van der Waals surface area contributed by atoms with Gasteiger partial charge in [-0.05, 0) is 88.1 Å². The van der Waals surface area contributed by atoms with E-state index in [1.807, 2.05) is 18.9 Å². The Hall–Kier alpha value is -4.01. The normalized spacial score (nSPS) is 19.6. The second kappa shape index (κ2) is 14.9. The number of piperazine rings is 1. The third-order valence-electron chi connectivity index (χ3n) is 10.1. The number of hydrogen-bond donors (Lipinski definition) is 3. The van der Waals surface area contributed by atoms with Gasteiger partial charge in [0.05, 0.1) is 5.69 Å². The largest absolute Gasteiger partial charge is 0.400 e. The van der Waals surface area contributed by atoms with Crippen LogP contribution >= 0.6 is 0 Å². The standard InChI is InChI=1S/C34H45F4N7O4/c1-5-45-26(12-13-39-45)31(47)42-29(27(21-6-7-21)22-8-9-22)32(48)40-25-11-10-23(18-24(25)35)19(2)28(41-30(46)20(3)34(36,37)38)33(49)44-16-14-43(4)15-17-44/h10-13,18-22,27-29H,5-9,14-17H2,1-4H3,(H,40,48)(H,41,46)(H,42,47)/t19-,20+,28+,29-/m0/s1. The van der Waals surface area contributed by atoms with E-state index in [9.17, 15) is 32.3 Å². The van der Waals surface area contributed by atoms with Gasteiger partial charge in [-0.3, -0.25) is 23.9 Å². The van der Waals surface area contributed by atoms with E-state index < -0.39 is 59.5 Å². The van der Waals surface area contributed by atoms with Crippen molar-refractivity contribution >= 4 is 29.3 Å². The number of aryl methyl sites for hydroxylation is 1. The predicted molar refractivity (Wildman–Crippen MR) is 173 cm³/mol. The molecule has 3 fully saturated rings. The van der Waals surface area contributed by atoms with Gasteiger partial charge in [0.2, 0.25) is 17.7 Å². The minimum atomic E-state index is -4.81. The van der Waals surface area contributed by atoms with Crippen molar-refractivity contribution in [3.05, 3.63) is 47.5 Å². The van der Waals surface area contributed by atoms with Crippen LogP contribution in [0.25, 0.3) is 0 Å². The fraction of sp³-hybridized carbons (Fsp3) is 0.618. The third kappa shape index (κ3) is 8.60. The topological polar surface area (TPSA) is 129 Å². The number of anilines is 1. The fourth-order valence-electron chi connectivity index (χ4n) is 6.59. The Morgan fingerprint density at radius 2 is 1.55 bits per heavy atom. The van der Waals surface area contributed by atoms with Crippen molar-refractivity contribution in [3.63, 3.8) is 0 Å². The first-order valence-corrected chi connectivity index (χ1v) is 17.0. The van der Waals surface area contributed by atoms with Crippen molar-refractivity contribution in [2.45, 2.75) is 77.2 Å². The Morgan fingerprint density at radius 1 is 0.918 bits per heavy atom. The van der Waals surface area contributed by atoms with E-state index in [1.54, 1.807) is 6.07 Å². The zero-order chi connectivity index (χ0) is 35.6. The summed E-state index contributed by atoms with van der Waals surface area (Å²) in [6, 6.07) is 3.17. The lowest BCUT2D eigenvalue weighted by atomic mass is 9.88. The molecule has 49 heavy (non-hydrogen) atoms. The fourth-order valence-corrected chi connectivity index (χ4v) is 6.59. The number of halogens is 4. The molecule has 2 heterocycles. The van der Waals surface area contributed by atoms with Crippen molar-refractivity contribution < 1.29 is 36.7 Å². The summed E-state index contributed by atoms with van der Waals surface area (Å²) in [6.45, 7) is 6.31. The Morgan fingerprint density at radius 3 is 2.10 bits per heavy atom. The number of nitrogens with zero attached hydrogens (tertiary/aromatic N) is 4. The molecular formula is C34H45F4N7O4. The highest BCUT2D eigenvalue weighted by Crippen LogP contribution is 2.51. The monoisotopic (exact) mass is 691 g/mol. The summed E-state index contributed by atoms with van der Waals surface area (Å²) in [6.07, 6.45) is 0.480. The number of hydrogen-bond acceptors (Lipinski definition) is 6. The second-order valence-electron chi connectivity index (χ2n) is 13.6. The van der Waals surface area contributed by atoms with Gasteiger partial charge < -0.3 is 25.8 Å². The molecule has 1 saturated heterocycles. The smallest absolute Gasteiger partial charge is 0.343 e. The van der Waals surface area contributed by atoms with E-state index in [1.165, 1.54) is 34.8 Å². The van der Waals surface area contributed by atoms with Crippen molar-refractivity contribution in [2.24, 2.45) is 23.7 Å². The molecule has 4 amide bonds. The number of carbonyl (C=O) groups is 4. The quantitative estimate of drug-likeness (QED) is 0.275. The third-order valence-corrected chi connectivity index (χ3v) is 10.1. The van der Waals surface area contributed by atoms with Crippen molar-refractivity contribution in [3.8, 4) is 0 Å². The first kappa shape index (κ1) is 36.3. The molecule has 268 valence electrons. The molecule has 0 unspecified atom stereocenters. The molecular weight excluding hydrogens is 646 g/mol. The molecule has 1 aromatic heterocycles. The lowest BCUT2D eigenvalue weighted by molar-refractivity contribution is -0.180.